The highest BCUT2D eigenvalue weighted by Gasteiger charge is 2.35. The van der Waals surface area contributed by atoms with Gasteiger partial charge in [0.05, 0.1) is 28.8 Å². The maximum absolute atomic E-state index is 7.69. The maximum atomic E-state index is 7.69. The summed E-state index contributed by atoms with van der Waals surface area (Å²) in [5, 5.41) is 7.38. The summed E-state index contributed by atoms with van der Waals surface area (Å²) in [6.07, 6.45) is 4.48. The summed E-state index contributed by atoms with van der Waals surface area (Å²) in [5.41, 5.74) is 34.1. The van der Waals surface area contributed by atoms with Crippen LogP contribution in [0.25, 0.3) is 161 Å². The van der Waals surface area contributed by atoms with E-state index in [1.807, 2.05) is 98.0 Å². The molecule has 0 aliphatic carbocycles. The lowest BCUT2D eigenvalue weighted by atomic mass is 9.84. The highest BCUT2D eigenvalue weighted by Crippen LogP contribution is 2.39. The molecule has 20 aromatic rings. The van der Waals surface area contributed by atoms with Crippen LogP contribution in [0.2, 0.25) is 0 Å². The summed E-state index contributed by atoms with van der Waals surface area (Å²) >= 11 is 0. The van der Waals surface area contributed by atoms with Gasteiger partial charge in [0.1, 0.15) is 28.2 Å². The predicted octanol–water partition coefficient (Wildman–Crippen LogP) is 22.7. The molecule has 0 atom stereocenters. The first kappa shape index (κ1) is 79.1. The first-order chi connectivity index (χ1) is 58.3. The van der Waals surface area contributed by atoms with Crippen LogP contribution in [0, 0.1) is 82.7 Å². The first-order valence-electron chi connectivity index (χ1n) is 41.4. The van der Waals surface area contributed by atoms with Crippen molar-refractivity contribution in [2.24, 2.45) is 28.2 Å². The summed E-state index contributed by atoms with van der Waals surface area (Å²) in [6, 6.07) is 95.0. The number of aromatic nitrogens is 8. The van der Waals surface area contributed by atoms with E-state index in [0.717, 1.165) is 118 Å². The average Bonchev–Trinajstić information content (AvgIpc) is 1.75. The van der Waals surface area contributed by atoms with E-state index in [1.165, 1.54) is 106 Å². The molecule has 8 heterocycles. The van der Waals surface area contributed by atoms with E-state index in [1.54, 1.807) is 0 Å². The molecule has 0 amide bonds. The van der Waals surface area contributed by atoms with Gasteiger partial charge in [-0.05, 0) is 166 Å². The quantitative estimate of drug-likeness (QED) is 0.112. The van der Waals surface area contributed by atoms with Crippen LogP contribution in [0.4, 0.5) is 5.69 Å². The molecule has 0 bridgehead atoms. The fraction of sp³-hybridized carbons (Fsp3) is 0.176. The molecule has 0 saturated heterocycles. The number of oxazole rings is 4. The van der Waals surface area contributed by atoms with Gasteiger partial charge >= 0.3 is 23.6 Å². The number of para-hydroxylation sites is 10. The molecule has 0 aliphatic rings. The van der Waals surface area contributed by atoms with Gasteiger partial charge in [-0.1, -0.05) is 130 Å². The lowest BCUT2D eigenvalue weighted by Crippen LogP contribution is -2.37. The molecule has 13 nitrogen and oxygen atoms in total. The summed E-state index contributed by atoms with van der Waals surface area (Å²) in [4.78, 5) is 3.76. The van der Waals surface area contributed by atoms with Gasteiger partial charge in [0.25, 0.3) is 22.1 Å². The maximum Gasteiger partial charge on any atom is 0.382 e. The van der Waals surface area contributed by atoms with Gasteiger partial charge in [-0.15, -0.1) is 0 Å². The predicted molar refractivity (Wildman–Crippen MR) is 485 cm³/mol. The molecule has 0 spiro atoms. The van der Waals surface area contributed by atoms with Crippen LogP contribution in [0.3, 0.4) is 0 Å². The second kappa shape index (κ2) is 31.8. The first-order valence-corrected chi connectivity index (χ1v) is 41.4. The minimum absolute atomic E-state index is 0.000829. The number of pyridine rings is 4. The molecule has 20 rings (SSSR count). The zero-order chi connectivity index (χ0) is 84.6. The Labute approximate surface area is 706 Å². The number of benzene rings is 12. The molecule has 0 unspecified atom stereocenters. The fourth-order valence-electron chi connectivity index (χ4n) is 17.7. The van der Waals surface area contributed by atoms with E-state index in [0.29, 0.717) is 5.69 Å². The number of fused-ring (bicyclic) bond motifs is 8. The van der Waals surface area contributed by atoms with Crippen molar-refractivity contribution in [2.45, 2.75) is 102 Å². The molecule has 0 saturated carbocycles. The monoisotopic (exact) mass is 1590 g/mol. The third kappa shape index (κ3) is 14.5. The highest BCUT2D eigenvalue weighted by atomic mass is 16.4. The Morgan fingerprint density at radius 3 is 1.11 bits per heavy atom. The van der Waals surface area contributed by atoms with E-state index in [-0.39, 0.29) is 5.41 Å². The van der Waals surface area contributed by atoms with Crippen LogP contribution in [0.15, 0.2) is 303 Å². The Morgan fingerprint density at radius 1 is 0.298 bits per heavy atom. The second-order valence-corrected chi connectivity index (χ2v) is 33.3. The molecule has 0 N–H and O–H groups in total. The topological polar surface area (TPSA) is 88.0 Å². The van der Waals surface area contributed by atoms with E-state index in [2.05, 4.69) is 354 Å². The molecule has 0 radical (unpaired) electrons. The number of hydrogen-bond donors (Lipinski definition) is 0. The summed E-state index contributed by atoms with van der Waals surface area (Å²) in [6.45, 7) is 38.3. The van der Waals surface area contributed by atoms with Crippen molar-refractivity contribution in [3.05, 3.63) is 364 Å². The summed E-state index contributed by atoms with van der Waals surface area (Å²) in [7, 11) is 8.23. The Bertz CT molecular complexity index is 7610. The van der Waals surface area contributed by atoms with Gasteiger partial charge in [-0.3, -0.25) is 0 Å². The van der Waals surface area contributed by atoms with Crippen LogP contribution in [-0.2, 0) is 33.6 Å². The lowest BCUT2D eigenvalue weighted by Gasteiger charge is -2.21. The molecule has 121 heavy (non-hydrogen) atoms. The number of rotatable bonds is 8. The minimum atomic E-state index is 0.000829. The van der Waals surface area contributed by atoms with E-state index >= 15 is 0 Å². The van der Waals surface area contributed by atoms with Gasteiger partial charge in [-0.2, -0.15) is 36.5 Å². The molecule has 0 aliphatic heterocycles. The Hall–Kier alpha value is -14.4. The number of aryl methyl sites for hydroxylation is 11. The normalized spacial score (nSPS) is 11.5. The SMILES string of the molecule is Cc1c(-c2oc3ccccc3[n+]2C)cc(C(C)(C)C)cc1-[n+]1c(C)ccc2ccccc21.Cc1cc(-c2oc3ccccc3[n+]2C)c(C)c(-[n+]2cc3ccccc3cc2C)c1.Cc1cc(C)c(-[n+]2cc3ccccc3cc2C)c(C)c1-c1oc2ccccc2[n+]1C.[C-]#[N+]c1cc(-c2oc3ccccc3[n+]2C)c(C)c(-[n+]2c(C)ccc3ccccc32)c1. The molecule has 12 aromatic carbocycles. The van der Waals surface area contributed by atoms with Crippen molar-refractivity contribution >= 4 is 93.4 Å². The molecular weight excluding hydrogens is 1490 g/mol. The highest BCUT2D eigenvalue weighted by molar-refractivity contribution is 5.85. The van der Waals surface area contributed by atoms with Crippen LogP contribution < -0.4 is 36.5 Å². The Balaban J connectivity index is 0.000000115. The van der Waals surface area contributed by atoms with Crippen LogP contribution in [-0.4, -0.2) is 0 Å². The number of hydrogen-bond acceptors (Lipinski definition) is 4. The smallest absolute Gasteiger partial charge is 0.382 e. The van der Waals surface area contributed by atoms with Crippen molar-refractivity contribution < 1.29 is 54.2 Å². The van der Waals surface area contributed by atoms with E-state index < -0.39 is 0 Å². The zero-order valence-corrected chi connectivity index (χ0v) is 72.3. The largest absolute Gasteiger partial charge is 0.398 e. The summed E-state index contributed by atoms with van der Waals surface area (Å²) in [5.74, 6) is 3.41. The van der Waals surface area contributed by atoms with Crippen LogP contribution in [0.1, 0.15) is 88.1 Å². The second-order valence-electron chi connectivity index (χ2n) is 33.3. The third-order valence-corrected chi connectivity index (χ3v) is 24.1. The number of nitrogens with zero attached hydrogens (tertiary/aromatic N) is 9. The Kier molecular flexibility index (Phi) is 20.8. The van der Waals surface area contributed by atoms with Gasteiger partial charge in [0.2, 0.25) is 56.1 Å². The van der Waals surface area contributed by atoms with Crippen molar-refractivity contribution in [3.8, 4) is 68.6 Å². The molecule has 0 fully saturated rings. The van der Waals surface area contributed by atoms with Crippen molar-refractivity contribution in [1.29, 1.82) is 0 Å². The average molecular weight is 1590 g/mol. The van der Waals surface area contributed by atoms with E-state index in [9.17, 15) is 0 Å². The van der Waals surface area contributed by atoms with Gasteiger partial charge in [0.15, 0.2) is 40.9 Å². The van der Waals surface area contributed by atoms with Crippen molar-refractivity contribution in [1.82, 2.24) is 0 Å². The van der Waals surface area contributed by atoms with Crippen LogP contribution in [0.5, 0.6) is 0 Å². The Morgan fingerprint density at radius 2 is 0.661 bits per heavy atom. The minimum Gasteiger partial charge on any atom is -0.398 e. The van der Waals surface area contributed by atoms with Gasteiger partial charge < -0.3 is 17.7 Å². The molecule has 8 aromatic heterocycles. The standard InChI is InChI=1S/C29H30N2O.C27H26N2O.C26H21N3O.C26H24N2O/c1-19-15-16-21-11-7-8-12-24(21)31(19)26-18-22(29(3,4)5)17-23(20(26)2)28-30(6)25-13-9-10-14-27(25)32-28;1-17-14-18(2)26(29-16-22-11-7-6-10-21(22)15-19(29)3)20(4)25(17)27-28(5)23-12-8-9-13-24(23)30-27;1-17-13-14-19-9-5-6-10-22(19)29(17)24-16-20(27-3)15-21(18(24)2)26-28(4)23-11-7-8-12-25(23)30-26;1-17-13-22(26-27(4)23-11-7-8-12-25(23)29-26)19(3)24(14-17)28-16-21-10-6-5-9-20(21)15-18(28)2/h7-18H,1-6H3;6-16H,1-5H3;5-16H,1-2,4H3;5-16H,1-4H3/q4*+2. The summed E-state index contributed by atoms with van der Waals surface area (Å²) < 4.78 is 42.9. The van der Waals surface area contributed by atoms with Gasteiger partial charge in [-0.25, -0.2) is 4.85 Å². The molecule has 594 valence electrons. The lowest BCUT2D eigenvalue weighted by molar-refractivity contribution is -0.637. The van der Waals surface area contributed by atoms with Crippen molar-refractivity contribution in [2.75, 3.05) is 0 Å². The third-order valence-electron chi connectivity index (χ3n) is 24.1. The van der Waals surface area contributed by atoms with Gasteiger partial charge in [0, 0.05) is 156 Å². The van der Waals surface area contributed by atoms with Crippen molar-refractivity contribution in [3.63, 3.8) is 0 Å². The fourth-order valence-corrected chi connectivity index (χ4v) is 17.7. The molecule has 13 heteroatoms. The zero-order valence-electron chi connectivity index (χ0n) is 72.3. The van der Waals surface area contributed by atoms with Crippen LogP contribution >= 0.6 is 0 Å². The van der Waals surface area contributed by atoms with E-state index in [4.69, 9.17) is 24.2 Å². The molecular formula is C108H101N9O4+8.